The largest absolute Gasteiger partial charge is 0.416 e. The zero-order valence-electron chi connectivity index (χ0n) is 4.94. The van der Waals surface area contributed by atoms with Crippen molar-refractivity contribution < 1.29 is 27.7 Å². The molecular formula is C4H2F3IO3. The lowest BCUT2D eigenvalue weighted by molar-refractivity contribution is -0.240. The lowest BCUT2D eigenvalue weighted by Crippen LogP contribution is -2.45. The van der Waals surface area contributed by atoms with Gasteiger partial charge in [0.1, 0.15) is 6.61 Å². The van der Waals surface area contributed by atoms with Gasteiger partial charge in [0.25, 0.3) is 0 Å². The van der Waals surface area contributed by atoms with E-state index in [0.29, 0.717) is 0 Å². The van der Waals surface area contributed by atoms with Crippen LogP contribution in [0.2, 0.25) is 0 Å². The van der Waals surface area contributed by atoms with E-state index in [9.17, 15) is 18.0 Å². The smallest absolute Gasteiger partial charge is 0.296 e. The molecule has 64 valence electrons. The number of hydrogen-bond acceptors (Lipinski definition) is 3. The van der Waals surface area contributed by atoms with Crippen LogP contribution in [0.1, 0.15) is 0 Å². The number of halogens is 4. The molecule has 0 N–H and O–H groups in total. The first-order valence-electron chi connectivity index (χ1n) is 2.47. The molecule has 3 nitrogen and oxygen atoms in total. The lowest BCUT2D eigenvalue weighted by atomic mass is 10.2. The molecule has 1 saturated heterocycles. The van der Waals surface area contributed by atoms with Crippen molar-refractivity contribution in [2.24, 2.45) is 0 Å². The van der Waals surface area contributed by atoms with Gasteiger partial charge in [-0.25, -0.2) is 4.79 Å². The van der Waals surface area contributed by atoms with E-state index in [4.69, 9.17) is 0 Å². The summed E-state index contributed by atoms with van der Waals surface area (Å²) >= 11 is 0.973. The molecule has 1 rings (SSSR count). The van der Waals surface area contributed by atoms with Gasteiger partial charge < -0.3 is 0 Å². The number of rotatable bonds is 0. The summed E-state index contributed by atoms with van der Waals surface area (Å²) in [4.78, 5) is 18.1. The maximum Gasteiger partial charge on any atom is 0.416 e. The number of alkyl halides is 4. The molecule has 1 fully saturated rings. The number of carbonyl (C=O) groups is 1. The highest BCUT2D eigenvalue weighted by atomic mass is 127. The van der Waals surface area contributed by atoms with Crippen molar-refractivity contribution in [1.29, 1.82) is 0 Å². The first-order valence-corrected chi connectivity index (χ1v) is 3.55. The minimum atomic E-state index is -4.62. The second-order valence-electron chi connectivity index (χ2n) is 1.93. The average molecular weight is 282 g/mol. The van der Waals surface area contributed by atoms with Crippen LogP contribution in [0.4, 0.5) is 13.2 Å². The molecule has 7 heteroatoms. The minimum absolute atomic E-state index is 0.782. The van der Waals surface area contributed by atoms with Crippen molar-refractivity contribution in [2.45, 2.75) is 9.60 Å². The predicted octanol–water partition coefficient (Wildman–Crippen LogP) is 1.21. The standard InChI is InChI=1S/C4H2F3IO3/c5-4(6,7)3(8)1-10-11-2(3)9/h1H2. The Morgan fingerprint density at radius 3 is 2.27 bits per heavy atom. The van der Waals surface area contributed by atoms with Crippen molar-refractivity contribution in [2.75, 3.05) is 6.61 Å². The molecule has 0 aromatic rings. The van der Waals surface area contributed by atoms with Crippen LogP contribution in [-0.4, -0.2) is 22.2 Å². The summed E-state index contributed by atoms with van der Waals surface area (Å²) in [5.41, 5.74) is 0. The highest BCUT2D eigenvalue weighted by Gasteiger charge is 2.64. The highest BCUT2D eigenvalue weighted by molar-refractivity contribution is 14.1. The Bertz CT molecular complexity index is 192. The SMILES string of the molecule is O=C1OOCC1(I)C(F)(F)F. The zero-order chi connectivity index (χ0) is 8.70. The summed E-state index contributed by atoms with van der Waals surface area (Å²) in [5, 5.41) is 0. The normalized spacial score (nSPS) is 32.2. The third-order valence-corrected chi connectivity index (χ3v) is 2.53. The fraction of sp³-hybridized carbons (Fsp3) is 0.750. The van der Waals surface area contributed by atoms with Gasteiger partial charge in [-0.15, -0.1) is 0 Å². The van der Waals surface area contributed by atoms with Crippen LogP contribution in [0.3, 0.4) is 0 Å². The van der Waals surface area contributed by atoms with Crippen LogP contribution in [0.15, 0.2) is 0 Å². The maximum atomic E-state index is 12.0. The molecule has 0 aromatic heterocycles. The molecule has 0 aliphatic carbocycles. The van der Waals surface area contributed by atoms with Crippen molar-refractivity contribution in [3.63, 3.8) is 0 Å². The van der Waals surface area contributed by atoms with Crippen molar-refractivity contribution in [1.82, 2.24) is 0 Å². The molecule has 0 amide bonds. The van der Waals surface area contributed by atoms with Gasteiger partial charge in [0.05, 0.1) is 0 Å². The average Bonchev–Trinajstić information content (AvgIpc) is 2.12. The first-order chi connectivity index (χ1) is 4.88. The summed E-state index contributed by atoms with van der Waals surface area (Å²) < 4.78 is 33.5. The Labute approximate surface area is 72.9 Å². The van der Waals surface area contributed by atoms with E-state index >= 15 is 0 Å². The van der Waals surface area contributed by atoms with E-state index in [-0.39, 0.29) is 0 Å². The van der Waals surface area contributed by atoms with E-state index in [1.54, 1.807) is 0 Å². The summed E-state index contributed by atoms with van der Waals surface area (Å²) in [6.45, 7) is -0.782. The van der Waals surface area contributed by atoms with E-state index < -0.39 is 22.2 Å². The van der Waals surface area contributed by atoms with Crippen molar-refractivity contribution in [3.8, 4) is 0 Å². The predicted molar refractivity (Wildman–Crippen MR) is 34.9 cm³/mol. The molecule has 0 radical (unpaired) electrons. The van der Waals surface area contributed by atoms with Gasteiger partial charge in [-0.05, 0) is 0 Å². The van der Waals surface area contributed by atoms with Crippen LogP contribution >= 0.6 is 22.6 Å². The van der Waals surface area contributed by atoms with Crippen LogP contribution < -0.4 is 0 Å². The third kappa shape index (κ3) is 1.31. The Hall–Kier alpha value is -0.0500. The summed E-state index contributed by atoms with van der Waals surface area (Å²) in [6.07, 6.45) is -4.62. The van der Waals surface area contributed by atoms with Gasteiger partial charge in [-0.3, -0.25) is 4.89 Å². The van der Waals surface area contributed by atoms with Gasteiger partial charge >= 0.3 is 12.1 Å². The highest BCUT2D eigenvalue weighted by Crippen LogP contribution is 2.42. The van der Waals surface area contributed by atoms with E-state index in [1.807, 2.05) is 0 Å². The molecule has 1 heterocycles. The van der Waals surface area contributed by atoms with Crippen molar-refractivity contribution in [3.05, 3.63) is 0 Å². The van der Waals surface area contributed by atoms with E-state index in [1.165, 1.54) is 0 Å². The van der Waals surface area contributed by atoms with E-state index in [2.05, 4.69) is 9.78 Å². The van der Waals surface area contributed by atoms with E-state index in [0.717, 1.165) is 22.6 Å². The first kappa shape index (κ1) is 9.04. The monoisotopic (exact) mass is 282 g/mol. The molecule has 1 unspecified atom stereocenters. The summed E-state index contributed by atoms with van der Waals surface area (Å²) in [6, 6.07) is 0. The van der Waals surface area contributed by atoms with Gasteiger partial charge in [0, 0.05) is 0 Å². The van der Waals surface area contributed by atoms with Crippen LogP contribution in [0.25, 0.3) is 0 Å². The second-order valence-corrected chi connectivity index (χ2v) is 3.77. The van der Waals surface area contributed by atoms with Crippen LogP contribution in [0.5, 0.6) is 0 Å². The molecule has 0 saturated carbocycles. The molecule has 0 spiro atoms. The molecular weight excluding hydrogens is 280 g/mol. The minimum Gasteiger partial charge on any atom is -0.296 e. The zero-order valence-corrected chi connectivity index (χ0v) is 7.10. The van der Waals surface area contributed by atoms with Gasteiger partial charge in [-0.1, -0.05) is 22.6 Å². The lowest BCUT2D eigenvalue weighted by Gasteiger charge is -2.17. The summed E-state index contributed by atoms with van der Waals surface area (Å²) in [5.74, 6) is -1.40. The van der Waals surface area contributed by atoms with Crippen molar-refractivity contribution >= 4 is 28.6 Å². The Morgan fingerprint density at radius 1 is 1.55 bits per heavy atom. The number of carbonyl (C=O) groups excluding carboxylic acids is 1. The van der Waals surface area contributed by atoms with Gasteiger partial charge in [-0.2, -0.15) is 18.1 Å². The molecule has 1 aliphatic heterocycles. The third-order valence-electron chi connectivity index (χ3n) is 1.17. The second kappa shape index (κ2) is 2.47. The van der Waals surface area contributed by atoms with Crippen LogP contribution in [0, 0.1) is 0 Å². The Morgan fingerprint density at radius 2 is 2.09 bits per heavy atom. The summed E-state index contributed by atoms with van der Waals surface area (Å²) in [7, 11) is 0. The maximum absolute atomic E-state index is 12.0. The Balaban J connectivity index is 2.90. The van der Waals surface area contributed by atoms with Crippen LogP contribution in [-0.2, 0) is 14.6 Å². The molecule has 0 bridgehead atoms. The quantitative estimate of drug-likeness (QED) is 0.380. The number of hydrogen-bond donors (Lipinski definition) is 0. The van der Waals surface area contributed by atoms with Gasteiger partial charge in [0.2, 0.25) is 3.42 Å². The fourth-order valence-corrected chi connectivity index (χ4v) is 0.704. The molecule has 11 heavy (non-hydrogen) atoms. The molecule has 1 aliphatic rings. The fourth-order valence-electron chi connectivity index (χ4n) is 0.487. The Kier molecular flexibility index (Phi) is 2.03. The molecule has 0 aromatic carbocycles. The topological polar surface area (TPSA) is 35.5 Å². The molecule has 1 atom stereocenters. The van der Waals surface area contributed by atoms with Gasteiger partial charge in [0.15, 0.2) is 0 Å².